The van der Waals surface area contributed by atoms with Gasteiger partial charge in [-0.05, 0) is 30.0 Å². The monoisotopic (exact) mass is 318 g/mol. The molecule has 1 aliphatic carbocycles. The smallest absolute Gasteiger partial charge is 0.238 e. The molecule has 2 aromatic rings. The van der Waals surface area contributed by atoms with Gasteiger partial charge in [-0.2, -0.15) is 0 Å². The van der Waals surface area contributed by atoms with Crippen LogP contribution >= 0.6 is 0 Å². The molecular weight excluding hydrogens is 300 g/mol. The fraction of sp³-hybridized carbons (Fsp3) is 0.333. The first-order chi connectivity index (χ1) is 10.4. The zero-order valence-corrected chi connectivity index (χ0v) is 13.3. The molecule has 1 aromatic carbocycles. The predicted molar refractivity (Wildman–Crippen MR) is 84.3 cm³/mol. The van der Waals surface area contributed by atoms with E-state index in [1.165, 1.54) is 0 Å². The van der Waals surface area contributed by atoms with E-state index in [1.807, 2.05) is 37.2 Å². The highest BCUT2D eigenvalue weighted by Gasteiger charge is 2.42. The van der Waals surface area contributed by atoms with E-state index in [0.717, 1.165) is 17.7 Å². The van der Waals surface area contributed by atoms with Crippen molar-refractivity contribution in [2.45, 2.75) is 23.2 Å². The van der Waals surface area contributed by atoms with Crippen LogP contribution < -0.4 is 10.0 Å². The van der Waals surface area contributed by atoms with E-state index in [-0.39, 0.29) is 16.7 Å². The van der Waals surface area contributed by atoms with E-state index in [2.05, 4.69) is 9.97 Å². The second-order valence-corrected chi connectivity index (χ2v) is 7.24. The van der Waals surface area contributed by atoms with Crippen molar-refractivity contribution in [2.24, 2.45) is 5.14 Å². The molecule has 1 aliphatic rings. The molecule has 6 nitrogen and oxygen atoms in total. The Labute approximate surface area is 130 Å². The minimum atomic E-state index is -3.71. The van der Waals surface area contributed by atoms with Crippen LogP contribution in [-0.2, 0) is 10.0 Å². The second-order valence-electron chi connectivity index (χ2n) is 5.71. The molecule has 0 saturated heterocycles. The van der Waals surface area contributed by atoms with Crippen LogP contribution in [-0.4, -0.2) is 32.5 Å². The third-order valence-electron chi connectivity index (χ3n) is 3.86. The molecule has 1 fully saturated rings. The average molecular weight is 318 g/mol. The SMILES string of the molecule is CN(C)c1nccc(C2CC2c2ccccc2S(N)(=O)=O)n1. The van der Waals surface area contributed by atoms with Gasteiger partial charge in [-0.1, -0.05) is 18.2 Å². The summed E-state index contributed by atoms with van der Waals surface area (Å²) in [5.41, 5.74) is 1.72. The normalized spacial score (nSPS) is 20.7. The summed E-state index contributed by atoms with van der Waals surface area (Å²) >= 11 is 0. The van der Waals surface area contributed by atoms with E-state index >= 15 is 0 Å². The van der Waals surface area contributed by atoms with Gasteiger partial charge >= 0.3 is 0 Å². The highest BCUT2D eigenvalue weighted by Crippen LogP contribution is 2.55. The Bertz CT molecular complexity index is 805. The first-order valence-electron chi connectivity index (χ1n) is 7.00. The van der Waals surface area contributed by atoms with Crippen molar-refractivity contribution in [3.63, 3.8) is 0 Å². The fourth-order valence-corrected chi connectivity index (χ4v) is 3.51. The molecule has 2 atom stereocenters. The molecular formula is C15H18N4O2S. The summed E-state index contributed by atoms with van der Waals surface area (Å²) in [6.07, 6.45) is 2.61. The number of sulfonamides is 1. The van der Waals surface area contributed by atoms with Crippen LogP contribution in [0.4, 0.5) is 5.95 Å². The zero-order chi connectivity index (χ0) is 15.9. The molecule has 0 radical (unpaired) electrons. The molecule has 0 bridgehead atoms. The molecule has 3 rings (SSSR count). The Morgan fingerprint density at radius 2 is 1.91 bits per heavy atom. The Hall–Kier alpha value is -1.99. The van der Waals surface area contributed by atoms with Gasteiger partial charge in [0.15, 0.2) is 0 Å². The summed E-state index contributed by atoms with van der Waals surface area (Å²) in [6, 6.07) is 8.81. The van der Waals surface area contributed by atoms with E-state index in [0.29, 0.717) is 5.95 Å². The first-order valence-corrected chi connectivity index (χ1v) is 8.54. The summed E-state index contributed by atoms with van der Waals surface area (Å²) in [5.74, 6) is 1.01. The van der Waals surface area contributed by atoms with Crippen molar-refractivity contribution < 1.29 is 8.42 Å². The largest absolute Gasteiger partial charge is 0.347 e. The summed E-state index contributed by atoms with van der Waals surface area (Å²) in [6.45, 7) is 0. The minimum Gasteiger partial charge on any atom is -0.347 e. The van der Waals surface area contributed by atoms with Crippen LogP contribution in [0.1, 0.15) is 29.5 Å². The third-order valence-corrected chi connectivity index (χ3v) is 4.84. The number of hydrogen-bond donors (Lipinski definition) is 1. The van der Waals surface area contributed by atoms with Crippen LogP contribution in [0.15, 0.2) is 41.4 Å². The van der Waals surface area contributed by atoms with Crippen LogP contribution in [0.3, 0.4) is 0 Å². The topological polar surface area (TPSA) is 89.2 Å². The van der Waals surface area contributed by atoms with Crippen molar-refractivity contribution in [1.82, 2.24) is 9.97 Å². The molecule has 0 amide bonds. The molecule has 22 heavy (non-hydrogen) atoms. The van der Waals surface area contributed by atoms with Gasteiger partial charge < -0.3 is 4.90 Å². The molecule has 1 heterocycles. The van der Waals surface area contributed by atoms with Crippen molar-refractivity contribution in [3.8, 4) is 0 Å². The summed E-state index contributed by atoms with van der Waals surface area (Å²) in [5, 5.41) is 5.31. The van der Waals surface area contributed by atoms with Gasteiger partial charge in [-0.3, -0.25) is 0 Å². The number of anilines is 1. The van der Waals surface area contributed by atoms with E-state index in [9.17, 15) is 8.42 Å². The fourth-order valence-electron chi connectivity index (χ4n) is 2.70. The molecule has 0 spiro atoms. The Morgan fingerprint density at radius 1 is 1.18 bits per heavy atom. The van der Waals surface area contributed by atoms with Crippen LogP contribution in [0.5, 0.6) is 0 Å². The van der Waals surface area contributed by atoms with Crippen molar-refractivity contribution in [3.05, 3.63) is 47.8 Å². The minimum absolute atomic E-state index is 0.138. The van der Waals surface area contributed by atoms with Gasteiger partial charge in [0, 0.05) is 31.9 Å². The molecule has 0 aliphatic heterocycles. The molecule has 7 heteroatoms. The van der Waals surface area contributed by atoms with Gasteiger partial charge in [0.2, 0.25) is 16.0 Å². The lowest BCUT2D eigenvalue weighted by Crippen LogP contribution is -2.14. The van der Waals surface area contributed by atoms with Crippen LogP contribution in [0.2, 0.25) is 0 Å². The summed E-state index contributed by atoms with van der Waals surface area (Å²) < 4.78 is 23.4. The number of benzene rings is 1. The molecule has 1 aromatic heterocycles. The van der Waals surface area contributed by atoms with E-state index < -0.39 is 10.0 Å². The van der Waals surface area contributed by atoms with E-state index in [4.69, 9.17) is 5.14 Å². The Morgan fingerprint density at radius 3 is 2.59 bits per heavy atom. The van der Waals surface area contributed by atoms with Gasteiger partial charge in [0.05, 0.1) is 4.90 Å². The van der Waals surface area contributed by atoms with Gasteiger partial charge in [-0.25, -0.2) is 23.5 Å². The highest BCUT2D eigenvalue weighted by molar-refractivity contribution is 7.89. The van der Waals surface area contributed by atoms with Gasteiger partial charge in [-0.15, -0.1) is 0 Å². The van der Waals surface area contributed by atoms with Gasteiger partial charge in [0.25, 0.3) is 0 Å². The molecule has 2 N–H and O–H groups in total. The Kier molecular flexibility index (Phi) is 3.62. The molecule has 1 saturated carbocycles. The maximum absolute atomic E-state index is 11.7. The lowest BCUT2D eigenvalue weighted by atomic mass is 10.1. The highest BCUT2D eigenvalue weighted by atomic mass is 32.2. The van der Waals surface area contributed by atoms with Crippen molar-refractivity contribution in [1.29, 1.82) is 0 Å². The summed E-state index contributed by atoms with van der Waals surface area (Å²) in [4.78, 5) is 10.8. The van der Waals surface area contributed by atoms with Crippen LogP contribution in [0.25, 0.3) is 0 Å². The van der Waals surface area contributed by atoms with Crippen molar-refractivity contribution >= 4 is 16.0 Å². The van der Waals surface area contributed by atoms with Crippen molar-refractivity contribution in [2.75, 3.05) is 19.0 Å². The second kappa shape index (κ2) is 5.33. The maximum atomic E-state index is 11.7. The average Bonchev–Trinajstić information content (AvgIpc) is 3.27. The molecule has 2 unspecified atom stereocenters. The summed E-state index contributed by atoms with van der Waals surface area (Å²) in [7, 11) is 0.0707. The van der Waals surface area contributed by atoms with Crippen LogP contribution in [0, 0.1) is 0 Å². The van der Waals surface area contributed by atoms with E-state index in [1.54, 1.807) is 18.3 Å². The lowest BCUT2D eigenvalue weighted by Gasteiger charge is -2.11. The number of hydrogen-bond acceptors (Lipinski definition) is 5. The lowest BCUT2D eigenvalue weighted by molar-refractivity contribution is 0.596. The predicted octanol–water partition coefficient (Wildman–Crippen LogP) is 1.46. The first kappa shape index (κ1) is 14.9. The van der Waals surface area contributed by atoms with Gasteiger partial charge in [0.1, 0.15) is 0 Å². The number of nitrogens with two attached hydrogens (primary N) is 1. The maximum Gasteiger partial charge on any atom is 0.238 e. The standard InChI is InChI=1S/C15H18N4O2S/c1-19(2)15-17-8-7-13(18-15)12-9-11(12)10-5-3-4-6-14(10)22(16,20)21/h3-8,11-12H,9H2,1-2H3,(H2,16,20,21). The number of rotatable bonds is 4. The Balaban J connectivity index is 1.91. The zero-order valence-electron chi connectivity index (χ0n) is 12.5. The number of nitrogens with zero attached hydrogens (tertiary/aromatic N) is 3. The third kappa shape index (κ3) is 2.82. The molecule has 116 valence electrons. The quantitative estimate of drug-likeness (QED) is 0.922. The number of primary sulfonamides is 1. The number of aromatic nitrogens is 2.